The fourth-order valence-corrected chi connectivity index (χ4v) is 3.71. The van der Waals surface area contributed by atoms with E-state index in [1.54, 1.807) is 13.3 Å². The molecule has 0 bridgehead atoms. The van der Waals surface area contributed by atoms with Gasteiger partial charge in [0.25, 0.3) is 0 Å². The van der Waals surface area contributed by atoms with E-state index in [0.717, 1.165) is 33.5 Å². The van der Waals surface area contributed by atoms with Crippen LogP contribution < -0.4 is 10.1 Å². The molecule has 1 N–H and O–H groups in total. The topological polar surface area (TPSA) is 46.5 Å². The average molecular weight is 412 g/mol. The number of fused-ring (bicyclic) bond motifs is 1. The highest BCUT2D eigenvalue weighted by Crippen LogP contribution is 2.37. The highest BCUT2D eigenvalue weighted by atomic mass is 32.1. The summed E-state index contributed by atoms with van der Waals surface area (Å²) in [4.78, 5) is 9.03. The smallest absolute Gasteiger partial charge is 0.119 e. The minimum atomic E-state index is -0.236. The van der Waals surface area contributed by atoms with Crippen molar-refractivity contribution in [1.29, 1.82) is 0 Å². The number of nitrogens with one attached hydrogen (secondary N) is 1. The number of ether oxygens (including phenoxy) is 1. The van der Waals surface area contributed by atoms with Gasteiger partial charge in [-0.25, -0.2) is 4.99 Å². The fraction of sp³-hybridized carbons (Fsp3) is 0.120. The Bertz CT molecular complexity index is 1170. The summed E-state index contributed by atoms with van der Waals surface area (Å²) in [7, 11) is 1.66. The Hall–Kier alpha value is -3.53. The number of pyridine rings is 1. The second-order valence-electron chi connectivity index (χ2n) is 6.85. The Kier molecular flexibility index (Phi) is 6.14. The third-order valence-corrected chi connectivity index (χ3v) is 5.17. The van der Waals surface area contributed by atoms with E-state index in [0.29, 0.717) is 0 Å². The molecule has 4 aromatic rings. The summed E-state index contributed by atoms with van der Waals surface area (Å²) < 4.78 is 5.42. The van der Waals surface area contributed by atoms with Crippen molar-refractivity contribution in [3.63, 3.8) is 0 Å². The van der Waals surface area contributed by atoms with Crippen molar-refractivity contribution in [3.05, 3.63) is 102 Å². The predicted molar refractivity (Wildman–Crippen MR) is 125 cm³/mol. The number of rotatable bonds is 7. The number of aromatic nitrogens is 1. The van der Waals surface area contributed by atoms with Gasteiger partial charge in [0, 0.05) is 17.3 Å². The zero-order chi connectivity index (χ0) is 20.8. The number of thiocarbonyl (C=S) groups is 1. The van der Waals surface area contributed by atoms with Crippen molar-refractivity contribution in [3.8, 4) is 5.75 Å². The largest absolute Gasteiger partial charge is 0.497 e. The molecule has 0 amide bonds. The highest BCUT2D eigenvalue weighted by Gasteiger charge is 2.25. The van der Waals surface area contributed by atoms with Gasteiger partial charge in [0.15, 0.2) is 0 Å². The van der Waals surface area contributed by atoms with Gasteiger partial charge in [-0.2, -0.15) is 0 Å². The molecule has 4 nitrogen and oxygen atoms in total. The maximum atomic E-state index is 5.42. The molecule has 0 unspecified atom stereocenters. The number of isothiocyanates is 1. The van der Waals surface area contributed by atoms with Crippen LogP contribution in [0.25, 0.3) is 10.9 Å². The lowest BCUT2D eigenvalue weighted by atomic mass is 9.93. The summed E-state index contributed by atoms with van der Waals surface area (Å²) in [5.41, 5.74) is 4.01. The molecule has 0 spiro atoms. The van der Waals surface area contributed by atoms with Crippen molar-refractivity contribution >= 4 is 34.0 Å². The third-order valence-electron chi connectivity index (χ3n) is 5.07. The van der Waals surface area contributed by atoms with E-state index in [2.05, 4.69) is 44.7 Å². The van der Waals surface area contributed by atoms with Gasteiger partial charge < -0.3 is 10.1 Å². The Morgan fingerprint density at radius 1 is 0.933 bits per heavy atom. The quantitative estimate of drug-likeness (QED) is 0.289. The maximum absolute atomic E-state index is 5.42. The number of benzene rings is 3. The molecule has 0 radical (unpaired) electrons. The second-order valence-corrected chi connectivity index (χ2v) is 7.03. The summed E-state index contributed by atoms with van der Waals surface area (Å²) >= 11 is 5.00. The minimum Gasteiger partial charge on any atom is -0.497 e. The normalized spacial score (nSPS) is 12.6. The van der Waals surface area contributed by atoms with Crippen LogP contribution in [-0.2, 0) is 0 Å². The average Bonchev–Trinajstić information content (AvgIpc) is 2.82. The standard InChI is InChI=1S/C25H21N3OS/c1-29-20-12-13-22-21(16-20)23(14-15-26-22)28-25(19-10-6-3-7-11-19)24(27-17-30)18-8-4-2-5-9-18/h2-16,24-25H,1H3,(H,26,28)/t24-,25-/m0/s1. The number of anilines is 1. The summed E-state index contributed by atoms with van der Waals surface area (Å²) in [5, 5.41) is 7.27. The molecular formula is C25H21N3OS. The molecule has 0 saturated carbocycles. The predicted octanol–water partition coefficient (Wildman–Crippen LogP) is 6.24. The monoisotopic (exact) mass is 411 g/mol. The Balaban J connectivity index is 1.84. The SMILES string of the molecule is COc1ccc2nccc(N[C@@H](c3ccccc3)[C@@H](N=C=S)c3ccccc3)c2c1. The lowest BCUT2D eigenvalue weighted by molar-refractivity contribution is 0.415. The molecule has 0 fully saturated rings. The van der Waals surface area contributed by atoms with E-state index in [9.17, 15) is 0 Å². The van der Waals surface area contributed by atoms with Gasteiger partial charge in [0.1, 0.15) is 11.8 Å². The van der Waals surface area contributed by atoms with E-state index in [4.69, 9.17) is 17.0 Å². The molecule has 2 atom stereocenters. The summed E-state index contributed by atoms with van der Waals surface area (Å²) in [6.45, 7) is 0. The minimum absolute atomic E-state index is 0.152. The maximum Gasteiger partial charge on any atom is 0.119 e. The zero-order valence-electron chi connectivity index (χ0n) is 16.5. The van der Waals surface area contributed by atoms with E-state index >= 15 is 0 Å². The molecule has 0 aliphatic heterocycles. The van der Waals surface area contributed by atoms with Crippen LogP contribution in [-0.4, -0.2) is 17.3 Å². The van der Waals surface area contributed by atoms with Crippen LogP contribution in [0.1, 0.15) is 23.2 Å². The van der Waals surface area contributed by atoms with Crippen LogP contribution in [0.3, 0.4) is 0 Å². The van der Waals surface area contributed by atoms with Gasteiger partial charge >= 0.3 is 0 Å². The number of methoxy groups -OCH3 is 1. The van der Waals surface area contributed by atoms with Crippen LogP contribution in [0.2, 0.25) is 0 Å². The van der Waals surface area contributed by atoms with E-state index in [-0.39, 0.29) is 12.1 Å². The van der Waals surface area contributed by atoms with Crippen LogP contribution in [0, 0.1) is 0 Å². The molecule has 4 rings (SSSR count). The Morgan fingerprint density at radius 3 is 2.30 bits per heavy atom. The van der Waals surface area contributed by atoms with E-state index in [1.165, 1.54) is 0 Å². The van der Waals surface area contributed by atoms with Gasteiger partial charge in [-0.1, -0.05) is 60.7 Å². The first-order valence-corrected chi connectivity index (χ1v) is 10.1. The van der Waals surface area contributed by atoms with Crippen molar-refractivity contribution < 1.29 is 4.74 Å². The molecule has 0 aliphatic rings. The van der Waals surface area contributed by atoms with Gasteiger partial charge in [-0.3, -0.25) is 4.98 Å². The molecule has 5 heteroatoms. The lowest BCUT2D eigenvalue weighted by Gasteiger charge is -2.27. The van der Waals surface area contributed by atoms with Gasteiger partial charge in [-0.15, -0.1) is 0 Å². The van der Waals surface area contributed by atoms with Gasteiger partial charge in [-0.05, 0) is 47.6 Å². The number of hydrogen-bond acceptors (Lipinski definition) is 5. The van der Waals surface area contributed by atoms with Crippen LogP contribution in [0.15, 0.2) is 96.1 Å². The summed E-state index contributed by atoms with van der Waals surface area (Å²) in [5.74, 6) is 0.784. The zero-order valence-corrected chi connectivity index (χ0v) is 17.3. The number of nitrogens with zero attached hydrogens (tertiary/aromatic N) is 2. The first-order chi connectivity index (χ1) is 14.8. The van der Waals surface area contributed by atoms with E-state index < -0.39 is 0 Å². The van der Waals surface area contributed by atoms with E-state index in [1.807, 2.05) is 60.7 Å². The molecule has 148 valence electrons. The Labute approximate surface area is 181 Å². The molecule has 1 heterocycles. The van der Waals surface area contributed by atoms with Crippen molar-refractivity contribution in [1.82, 2.24) is 4.98 Å². The lowest BCUT2D eigenvalue weighted by Crippen LogP contribution is -2.19. The Morgan fingerprint density at radius 2 is 1.63 bits per heavy atom. The number of hydrogen-bond donors (Lipinski definition) is 1. The molecule has 3 aromatic carbocycles. The first kappa shape index (κ1) is 19.8. The van der Waals surface area contributed by atoms with Gasteiger partial charge in [0.2, 0.25) is 0 Å². The van der Waals surface area contributed by atoms with Crippen molar-refractivity contribution in [2.45, 2.75) is 12.1 Å². The first-order valence-electron chi connectivity index (χ1n) is 9.66. The second kappa shape index (κ2) is 9.31. The van der Waals surface area contributed by atoms with Crippen molar-refractivity contribution in [2.75, 3.05) is 12.4 Å². The molecule has 0 aliphatic carbocycles. The van der Waals surface area contributed by atoms with Crippen LogP contribution in [0.5, 0.6) is 5.75 Å². The van der Waals surface area contributed by atoms with Crippen LogP contribution in [0.4, 0.5) is 5.69 Å². The highest BCUT2D eigenvalue weighted by molar-refractivity contribution is 7.78. The fourth-order valence-electron chi connectivity index (χ4n) is 3.60. The van der Waals surface area contributed by atoms with Crippen LogP contribution >= 0.6 is 12.2 Å². The summed E-state index contributed by atoms with van der Waals surface area (Å²) in [6.07, 6.45) is 1.80. The molecule has 30 heavy (non-hydrogen) atoms. The molecule has 0 saturated heterocycles. The molecule has 1 aromatic heterocycles. The van der Waals surface area contributed by atoms with Crippen molar-refractivity contribution in [2.24, 2.45) is 4.99 Å². The third kappa shape index (κ3) is 4.23. The number of aliphatic imine (C=N–C) groups is 1. The van der Waals surface area contributed by atoms with Gasteiger partial charge in [0.05, 0.1) is 23.8 Å². The molecular weight excluding hydrogens is 390 g/mol. The summed E-state index contributed by atoms with van der Waals surface area (Å²) in [6, 6.07) is 27.8.